The van der Waals surface area contributed by atoms with Gasteiger partial charge in [0.2, 0.25) is 0 Å². The minimum atomic E-state index is 0.235. The van der Waals surface area contributed by atoms with E-state index in [0.717, 1.165) is 16.7 Å². The summed E-state index contributed by atoms with van der Waals surface area (Å²) in [6, 6.07) is 5.63. The van der Waals surface area contributed by atoms with Gasteiger partial charge >= 0.3 is 0 Å². The average molecular weight is 207 g/mol. The van der Waals surface area contributed by atoms with Crippen LogP contribution in [0.25, 0.3) is 11.0 Å². The van der Waals surface area contributed by atoms with Gasteiger partial charge in [0, 0.05) is 7.05 Å². The lowest BCUT2D eigenvalue weighted by atomic mass is 10.2. The number of benzene rings is 1. The molecule has 0 amide bonds. The molecule has 0 spiro atoms. The van der Waals surface area contributed by atoms with Gasteiger partial charge in [0.15, 0.2) is 5.11 Å². The quantitative estimate of drug-likeness (QED) is 0.671. The molecule has 0 atom stereocenters. The number of nitrogens with two attached hydrogens (primary N) is 1. The van der Waals surface area contributed by atoms with E-state index in [9.17, 15) is 0 Å². The minimum absolute atomic E-state index is 0.235. The average Bonchev–Trinajstić information content (AvgIpc) is 2.48. The number of rotatable bonds is 1. The van der Waals surface area contributed by atoms with Gasteiger partial charge in [0.1, 0.15) is 11.0 Å². The highest BCUT2D eigenvalue weighted by Gasteiger charge is 2.06. The molecular weight excluding hydrogens is 198 g/mol. The van der Waals surface area contributed by atoms with Crippen molar-refractivity contribution in [1.82, 2.24) is 15.0 Å². The van der Waals surface area contributed by atoms with Gasteiger partial charge in [-0.3, -0.25) is 0 Å². The van der Waals surface area contributed by atoms with Crippen molar-refractivity contribution in [2.75, 3.05) is 5.32 Å². The lowest BCUT2D eigenvalue weighted by molar-refractivity contribution is 0.737. The van der Waals surface area contributed by atoms with Gasteiger partial charge < -0.3 is 11.1 Å². The molecule has 1 aromatic heterocycles. The molecule has 0 saturated heterocycles. The number of fused-ring (bicyclic) bond motifs is 1. The summed E-state index contributed by atoms with van der Waals surface area (Å²) in [4.78, 5) is 0. The number of aryl methyl sites for hydroxylation is 1. The lowest BCUT2D eigenvalue weighted by Crippen LogP contribution is -2.19. The summed E-state index contributed by atoms with van der Waals surface area (Å²) >= 11 is 4.77. The number of hydrogen-bond acceptors (Lipinski definition) is 3. The molecule has 0 radical (unpaired) electrons. The molecule has 1 heterocycles. The van der Waals surface area contributed by atoms with Crippen LogP contribution in [0.2, 0.25) is 0 Å². The zero-order valence-electron chi connectivity index (χ0n) is 7.56. The fourth-order valence-electron chi connectivity index (χ4n) is 1.35. The normalized spacial score (nSPS) is 10.4. The molecule has 0 unspecified atom stereocenters. The third kappa shape index (κ3) is 1.39. The molecule has 3 N–H and O–H groups in total. The van der Waals surface area contributed by atoms with Gasteiger partial charge in [-0.1, -0.05) is 11.3 Å². The monoisotopic (exact) mass is 207 g/mol. The van der Waals surface area contributed by atoms with E-state index in [1.165, 1.54) is 0 Å². The summed E-state index contributed by atoms with van der Waals surface area (Å²) in [5, 5.41) is 11.0. The van der Waals surface area contributed by atoms with Crippen LogP contribution in [-0.2, 0) is 7.05 Å². The van der Waals surface area contributed by atoms with Crippen molar-refractivity contribution in [3.8, 4) is 0 Å². The van der Waals surface area contributed by atoms with Crippen LogP contribution in [-0.4, -0.2) is 20.1 Å². The Labute approximate surface area is 85.9 Å². The largest absolute Gasteiger partial charge is 0.376 e. The van der Waals surface area contributed by atoms with Crippen LogP contribution < -0.4 is 11.1 Å². The van der Waals surface area contributed by atoms with Gasteiger partial charge in [0.25, 0.3) is 0 Å². The van der Waals surface area contributed by atoms with Crippen molar-refractivity contribution >= 4 is 34.1 Å². The molecule has 72 valence electrons. The number of aromatic nitrogens is 3. The molecule has 14 heavy (non-hydrogen) atoms. The Hall–Kier alpha value is -1.69. The van der Waals surface area contributed by atoms with E-state index in [4.69, 9.17) is 18.0 Å². The first-order chi connectivity index (χ1) is 6.68. The number of hydrogen-bond donors (Lipinski definition) is 2. The standard InChI is InChI=1S/C8H9N5S/c1-13-7-5(10-8(9)14)3-2-4-6(7)11-12-13/h2-4H,1H3,(H3,9,10,14). The van der Waals surface area contributed by atoms with Crippen molar-refractivity contribution in [2.24, 2.45) is 12.8 Å². The Balaban J connectivity index is 2.63. The fraction of sp³-hybridized carbons (Fsp3) is 0.125. The predicted octanol–water partition coefficient (Wildman–Crippen LogP) is 0.624. The van der Waals surface area contributed by atoms with Gasteiger partial charge in [-0.15, -0.1) is 5.10 Å². The zero-order valence-corrected chi connectivity index (χ0v) is 8.38. The van der Waals surface area contributed by atoms with Crippen LogP contribution in [0.1, 0.15) is 0 Å². The zero-order chi connectivity index (χ0) is 10.1. The van der Waals surface area contributed by atoms with Gasteiger partial charge in [0.05, 0.1) is 5.69 Å². The minimum Gasteiger partial charge on any atom is -0.376 e. The highest BCUT2D eigenvalue weighted by Crippen LogP contribution is 2.20. The second kappa shape index (κ2) is 3.22. The SMILES string of the molecule is Cn1nnc2cccc(NC(N)=S)c21. The van der Waals surface area contributed by atoms with E-state index < -0.39 is 0 Å². The van der Waals surface area contributed by atoms with Crippen LogP contribution in [0.3, 0.4) is 0 Å². The molecule has 0 aliphatic heterocycles. The summed E-state index contributed by atoms with van der Waals surface area (Å²) in [7, 11) is 1.82. The van der Waals surface area contributed by atoms with Crippen molar-refractivity contribution in [3.63, 3.8) is 0 Å². The van der Waals surface area contributed by atoms with Gasteiger partial charge in [-0.25, -0.2) is 4.68 Å². The van der Waals surface area contributed by atoms with Crippen molar-refractivity contribution in [2.45, 2.75) is 0 Å². The Morgan fingerprint density at radius 3 is 3.07 bits per heavy atom. The Bertz CT molecular complexity index is 489. The number of thiocarbonyl (C=S) groups is 1. The maximum absolute atomic E-state index is 5.40. The summed E-state index contributed by atoms with van der Waals surface area (Å²) in [6.07, 6.45) is 0. The third-order valence-corrected chi connectivity index (χ3v) is 1.98. The second-order valence-corrected chi connectivity index (χ2v) is 3.32. The third-order valence-electron chi connectivity index (χ3n) is 1.88. The van der Waals surface area contributed by atoms with E-state index in [0.29, 0.717) is 0 Å². The first-order valence-corrected chi connectivity index (χ1v) is 4.44. The molecule has 1 aromatic carbocycles. The molecule has 2 rings (SSSR count). The van der Waals surface area contributed by atoms with Gasteiger partial charge in [-0.2, -0.15) is 0 Å². The molecule has 0 saturated carbocycles. The second-order valence-electron chi connectivity index (χ2n) is 2.88. The van der Waals surface area contributed by atoms with Crippen LogP contribution in [0, 0.1) is 0 Å². The molecule has 2 aromatic rings. The van der Waals surface area contributed by atoms with Gasteiger partial charge in [-0.05, 0) is 24.4 Å². The van der Waals surface area contributed by atoms with Crippen molar-refractivity contribution in [3.05, 3.63) is 18.2 Å². The molecule has 6 heteroatoms. The summed E-state index contributed by atoms with van der Waals surface area (Å²) < 4.78 is 1.68. The summed E-state index contributed by atoms with van der Waals surface area (Å²) in [5.41, 5.74) is 7.93. The van der Waals surface area contributed by atoms with Crippen LogP contribution in [0.15, 0.2) is 18.2 Å². The van der Waals surface area contributed by atoms with E-state index in [1.54, 1.807) is 4.68 Å². The summed E-state index contributed by atoms with van der Waals surface area (Å²) in [5.74, 6) is 0. The molecule has 0 bridgehead atoms. The van der Waals surface area contributed by atoms with E-state index in [2.05, 4.69) is 15.6 Å². The Morgan fingerprint density at radius 1 is 1.57 bits per heavy atom. The molecule has 0 aliphatic carbocycles. The molecule has 0 aliphatic rings. The Morgan fingerprint density at radius 2 is 2.36 bits per heavy atom. The smallest absolute Gasteiger partial charge is 0.168 e. The van der Waals surface area contributed by atoms with E-state index >= 15 is 0 Å². The van der Waals surface area contributed by atoms with Crippen LogP contribution in [0.4, 0.5) is 5.69 Å². The summed E-state index contributed by atoms with van der Waals surface area (Å²) in [6.45, 7) is 0. The number of para-hydroxylation sites is 1. The maximum atomic E-state index is 5.40. The molecular formula is C8H9N5S. The van der Waals surface area contributed by atoms with Crippen LogP contribution in [0.5, 0.6) is 0 Å². The number of nitrogens with one attached hydrogen (secondary N) is 1. The highest BCUT2D eigenvalue weighted by atomic mass is 32.1. The Kier molecular flexibility index (Phi) is 2.05. The molecule has 0 fully saturated rings. The fourth-order valence-corrected chi connectivity index (χ4v) is 1.46. The highest BCUT2D eigenvalue weighted by molar-refractivity contribution is 7.80. The van der Waals surface area contributed by atoms with E-state index in [-0.39, 0.29) is 5.11 Å². The topological polar surface area (TPSA) is 68.8 Å². The first kappa shape index (κ1) is 8.89. The number of anilines is 1. The predicted molar refractivity (Wildman–Crippen MR) is 58.9 cm³/mol. The van der Waals surface area contributed by atoms with Crippen LogP contribution >= 0.6 is 12.2 Å². The van der Waals surface area contributed by atoms with Crippen molar-refractivity contribution in [1.29, 1.82) is 0 Å². The molecule has 5 nitrogen and oxygen atoms in total. The lowest BCUT2D eigenvalue weighted by Gasteiger charge is -2.04. The van der Waals surface area contributed by atoms with E-state index in [1.807, 2.05) is 25.2 Å². The number of nitrogens with zero attached hydrogens (tertiary/aromatic N) is 3. The maximum Gasteiger partial charge on any atom is 0.168 e. The first-order valence-electron chi connectivity index (χ1n) is 4.03. The van der Waals surface area contributed by atoms with Crippen molar-refractivity contribution < 1.29 is 0 Å².